The fourth-order valence-electron chi connectivity index (χ4n) is 1.51. The molecule has 86 valence electrons. The first-order valence-corrected chi connectivity index (χ1v) is 5.50. The van der Waals surface area contributed by atoms with Gasteiger partial charge < -0.3 is 14.4 Å². The molecule has 1 aliphatic rings. The minimum Gasteiger partial charge on any atom is -0.403 e. The first kappa shape index (κ1) is 12.8. The van der Waals surface area contributed by atoms with Crippen molar-refractivity contribution < 1.29 is 14.4 Å². The summed E-state index contributed by atoms with van der Waals surface area (Å²) in [6, 6.07) is 0. The van der Waals surface area contributed by atoms with Crippen LogP contribution in [0.1, 0.15) is 34.1 Å². The monoisotopic (exact) mass is 212 g/mol. The number of rotatable bonds is 4. The summed E-state index contributed by atoms with van der Waals surface area (Å²) < 4.78 is 11.7. The Balaban J connectivity index is 2.39. The molecule has 0 bridgehead atoms. The minimum atomic E-state index is -0.238. The number of hydrogen-bond donors (Lipinski definition) is 1. The Kier molecular flexibility index (Phi) is 3.98. The molecular formula is C11H21BO3. The highest BCUT2D eigenvalue weighted by Gasteiger charge is 2.50. The molecule has 0 spiro atoms. The van der Waals surface area contributed by atoms with E-state index in [1.807, 2.05) is 6.08 Å². The van der Waals surface area contributed by atoms with Crippen LogP contribution in [0.25, 0.3) is 0 Å². The Bertz CT molecular complexity index is 220. The molecule has 4 heteroatoms. The molecular weight excluding hydrogens is 191 g/mol. The predicted octanol–water partition coefficient (Wildman–Crippen LogP) is 2.02. The highest BCUT2D eigenvalue weighted by atomic mass is 16.7. The highest BCUT2D eigenvalue weighted by molar-refractivity contribution is 6.45. The maximum Gasteiger partial charge on any atom is 0.458 e. The van der Waals surface area contributed by atoms with Crippen LogP contribution in [0.3, 0.4) is 0 Å². The second kappa shape index (κ2) is 4.68. The van der Waals surface area contributed by atoms with E-state index >= 15 is 0 Å². The van der Waals surface area contributed by atoms with Crippen molar-refractivity contribution >= 4 is 7.12 Å². The van der Waals surface area contributed by atoms with Gasteiger partial charge in [-0.2, -0.15) is 0 Å². The summed E-state index contributed by atoms with van der Waals surface area (Å²) in [6.45, 7) is 8.31. The third-order valence-corrected chi connectivity index (χ3v) is 3.14. The molecule has 1 heterocycles. The van der Waals surface area contributed by atoms with E-state index in [9.17, 15) is 0 Å². The first-order valence-electron chi connectivity index (χ1n) is 5.50. The van der Waals surface area contributed by atoms with Crippen LogP contribution in [-0.4, -0.2) is 30.0 Å². The van der Waals surface area contributed by atoms with E-state index in [1.165, 1.54) is 0 Å². The van der Waals surface area contributed by atoms with E-state index in [2.05, 4.69) is 27.7 Å². The molecule has 0 aliphatic carbocycles. The lowest BCUT2D eigenvalue weighted by atomic mass is 9.83. The van der Waals surface area contributed by atoms with Gasteiger partial charge in [0.05, 0.1) is 17.8 Å². The fraction of sp³-hybridized carbons (Fsp3) is 0.818. The molecule has 0 radical (unpaired) electrons. The van der Waals surface area contributed by atoms with Crippen LogP contribution in [0.15, 0.2) is 12.2 Å². The van der Waals surface area contributed by atoms with Gasteiger partial charge in [-0.1, -0.05) is 12.2 Å². The average molecular weight is 212 g/mol. The van der Waals surface area contributed by atoms with Gasteiger partial charge in [-0.05, 0) is 40.4 Å². The van der Waals surface area contributed by atoms with Crippen LogP contribution < -0.4 is 0 Å². The van der Waals surface area contributed by atoms with E-state index < -0.39 is 0 Å². The maximum absolute atomic E-state index is 8.58. The summed E-state index contributed by atoms with van der Waals surface area (Å²) in [5.41, 5.74) is -0.475. The molecule has 1 fully saturated rings. The van der Waals surface area contributed by atoms with Gasteiger partial charge in [-0.25, -0.2) is 0 Å². The molecule has 1 saturated heterocycles. The Hall–Kier alpha value is -0.315. The Morgan fingerprint density at radius 1 is 1.07 bits per heavy atom. The van der Waals surface area contributed by atoms with E-state index in [-0.39, 0.29) is 24.9 Å². The molecule has 1 N–H and O–H groups in total. The summed E-state index contributed by atoms with van der Waals surface area (Å²) in [5, 5.41) is 8.58. The van der Waals surface area contributed by atoms with E-state index in [0.29, 0.717) is 0 Å². The standard InChI is InChI=1S/C11H21BO3/c1-10(2)11(3,4)15-12(14-10)8-6-5-7-9-13/h5,7,13H,6,8-9H2,1-4H3/b7-5+. The molecule has 1 rings (SSSR count). The largest absolute Gasteiger partial charge is 0.458 e. The van der Waals surface area contributed by atoms with Gasteiger partial charge in [-0.3, -0.25) is 0 Å². The van der Waals surface area contributed by atoms with Gasteiger partial charge in [0.1, 0.15) is 0 Å². The topological polar surface area (TPSA) is 38.7 Å². The summed E-state index contributed by atoms with van der Waals surface area (Å²) >= 11 is 0. The van der Waals surface area contributed by atoms with Crippen molar-refractivity contribution in [2.75, 3.05) is 6.61 Å². The average Bonchev–Trinajstić information content (AvgIpc) is 2.30. The van der Waals surface area contributed by atoms with E-state index in [0.717, 1.165) is 12.7 Å². The summed E-state index contributed by atoms with van der Waals surface area (Å²) in [6.07, 6.45) is 5.40. The van der Waals surface area contributed by atoms with E-state index in [1.54, 1.807) is 6.08 Å². The third-order valence-electron chi connectivity index (χ3n) is 3.14. The summed E-state index contributed by atoms with van der Waals surface area (Å²) in [5.74, 6) is 0. The summed E-state index contributed by atoms with van der Waals surface area (Å²) in [7, 11) is -0.127. The quantitative estimate of drug-likeness (QED) is 0.572. The first-order chi connectivity index (χ1) is 6.89. The lowest BCUT2D eigenvalue weighted by Crippen LogP contribution is -2.41. The van der Waals surface area contributed by atoms with Crippen LogP contribution in [0.5, 0.6) is 0 Å². The summed E-state index contributed by atoms with van der Waals surface area (Å²) in [4.78, 5) is 0. The third kappa shape index (κ3) is 3.07. The molecule has 0 saturated carbocycles. The second-order valence-electron chi connectivity index (χ2n) is 4.92. The van der Waals surface area contributed by atoms with Crippen LogP contribution in [-0.2, 0) is 9.31 Å². The van der Waals surface area contributed by atoms with Crippen LogP contribution in [0.2, 0.25) is 6.32 Å². The zero-order valence-electron chi connectivity index (χ0n) is 10.1. The van der Waals surface area contributed by atoms with Gasteiger partial charge in [0.25, 0.3) is 0 Å². The Morgan fingerprint density at radius 3 is 2.07 bits per heavy atom. The number of aliphatic hydroxyl groups excluding tert-OH is 1. The number of aliphatic hydroxyl groups is 1. The minimum absolute atomic E-state index is 0.101. The smallest absolute Gasteiger partial charge is 0.403 e. The highest BCUT2D eigenvalue weighted by Crippen LogP contribution is 2.37. The van der Waals surface area contributed by atoms with Gasteiger partial charge in [0, 0.05) is 0 Å². The number of allylic oxidation sites excluding steroid dienone is 1. The van der Waals surface area contributed by atoms with Crippen molar-refractivity contribution in [2.45, 2.75) is 51.6 Å². The molecule has 15 heavy (non-hydrogen) atoms. The van der Waals surface area contributed by atoms with Gasteiger partial charge in [-0.15, -0.1) is 0 Å². The van der Waals surface area contributed by atoms with E-state index in [4.69, 9.17) is 14.4 Å². The molecule has 3 nitrogen and oxygen atoms in total. The SMILES string of the molecule is CC1(C)OB(CC/C=C/CO)OC1(C)C. The van der Waals surface area contributed by atoms with Crippen molar-refractivity contribution in [3.63, 3.8) is 0 Å². The Morgan fingerprint density at radius 2 is 1.60 bits per heavy atom. The van der Waals surface area contributed by atoms with Crippen molar-refractivity contribution in [3.8, 4) is 0 Å². The molecule has 0 aromatic heterocycles. The normalized spacial score (nSPS) is 23.9. The maximum atomic E-state index is 8.58. The van der Waals surface area contributed by atoms with Crippen molar-refractivity contribution in [3.05, 3.63) is 12.2 Å². The molecule has 0 aromatic carbocycles. The molecule has 1 aliphatic heterocycles. The zero-order valence-corrected chi connectivity index (χ0v) is 10.1. The van der Waals surface area contributed by atoms with Crippen molar-refractivity contribution in [1.82, 2.24) is 0 Å². The van der Waals surface area contributed by atoms with Gasteiger partial charge in [0.2, 0.25) is 0 Å². The molecule has 0 unspecified atom stereocenters. The second-order valence-corrected chi connectivity index (χ2v) is 4.92. The zero-order chi connectivity index (χ0) is 11.5. The lowest BCUT2D eigenvalue weighted by molar-refractivity contribution is 0.00578. The van der Waals surface area contributed by atoms with Crippen molar-refractivity contribution in [2.24, 2.45) is 0 Å². The predicted molar refractivity (Wildman–Crippen MR) is 61.7 cm³/mol. The molecule has 0 aromatic rings. The van der Waals surface area contributed by atoms with Gasteiger partial charge >= 0.3 is 7.12 Å². The van der Waals surface area contributed by atoms with Crippen LogP contribution >= 0.6 is 0 Å². The number of hydrogen-bond acceptors (Lipinski definition) is 3. The van der Waals surface area contributed by atoms with Crippen molar-refractivity contribution in [1.29, 1.82) is 0 Å². The van der Waals surface area contributed by atoms with Gasteiger partial charge in [0.15, 0.2) is 0 Å². The lowest BCUT2D eigenvalue weighted by Gasteiger charge is -2.32. The fourth-order valence-corrected chi connectivity index (χ4v) is 1.51. The van der Waals surface area contributed by atoms with Crippen LogP contribution in [0, 0.1) is 0 Å². The molecule has 0 amide bonds. The molecule has 0 atom stereocenters. The Labute approximate surface area is 92.6 Å². The van der Waals surface area contributed by atoms with Crippen LogP contribution in [0.4, 0.5) is 0 Å².